The van der Waals surface area contributed by atoms with E-state index in [-0.39, 0.29) is 5.91 Å². The summed E-state index contributed by atoms with van der Waals surface area (Å²) in [6.07, 6.45) is 0. The van der Waals surface area contributed by atoms with Gasteiger partial charge in [-0.1, -0.05) is 36.4 Å². The van der Waals surface area contributed by atoms with Gasteiger partial charge in [0.2, 0.25) is 0 Å². The van der Waals surface area contributed by atoms with Crippen LogP contribution in [0.2, 0.25) is 0 Å². The van der Waals surface area contributed by atoms with Gasteiger partial charge in [0, 0.05) is 18.5 Å². The van der Waals surface area contributed by atoms with Crippen molar-refractivity contribution in [1.29, 1.82) is 0 Å². The molecule has 3 aromatic rings. The van der Waals surface area contributed by atoms with Crippen LogP contribution in [-0.4, -0.2) is 47.8 Å². The zero-order chi connectivity index (χ0) is 16.2. The molecule has 0 bridgehead atoms. The van der Waals surface area contributed by atoms with Crippen LogP contribution in [0.4, 0.5) is 0 Å². The molecular formula is C18H20N4O. The lowest BCUT2D eigenvalue weighted by atomic mass is 10.2. The van der Waals surface area contributed by atoms with Crippen molar-refractivity contribution in [2.45, 2.75) is 0 Å². The van der Waals surface area contributed by atoms with Crippen LogP contribution in [-0.2, 0) is 0 Å². The zero-order valence-electron chi connectivity index (χ0n) is 13.4. The normalized spacial score (nSPS) is 11.1. The van der Waals surface area contributed by atoms with Gasteiger partial charge in [-0.05, 0) is 32.3 Å². The Kier molecular flexibility index (Phi) is 4.39. The van der Waals surface area contributed by atoms with Crippen LogP contribution in [0.5, 0.6) is 0 Å². The molecule has 5 nitrogen and oxygen atoms in total. The number of nitrogens with zero attached hydrogens (tertiary/aromatic N) is 3. The van der Waals surface area contributed by atoms with Crippen LogP contribution in [0.1, 0.15) is 10.5 Å². The summed E-state index contributed by atoms with van der Waals surface area (Å²) in [6, 6.07) is 17.6. The predicted octanol–water partition coefficient (Wildman–Crippen LogP) is 2.32. The van der Waals surface area contributed by atoms with Crippen molar-refractivity contribution in [1.82, 2.24) is 20.0 Å². The van der Waals surface area contributed by atoms with E-state index in [0.717, 1.165) is 23.1 Å². The quantitative estimate of drug-likeness (QED) is 0.787. The van der Waals surface area contributed by atoms with Crippen molar-refractivity contribution in [2.75, 3.05) is 27.2 Å². The fraction of sp³-hybridized carbons (Fsp3) is 0.222. The predicted molar refractivity (Wildman–Crippen MR) is 92.0 cm³/mol. The molecule has 1 heterocycles. The molecule has 0 fully saturated rings. The lowest BCUT2D eigenvalue weighted by Gasteiger charge is -2.09. The first-order valence-corrected chi connectivity index (χ1v) is 7.63. The number of aromatic nitrogens is 2. The van der Waals surface area contributed by atoms with Gasteiger partial charge in [0.1, 0.15) is 0 Å². The Balaban J connectivity index is 1.97. The van der Waals surface area contributed by atoms with Crippen LogP contribution in [0, 0.1) is 0 Å². The number of likely N-dealkylation sites (N-methyl/N-ethyl adjacent to an activating group) is 1. The van der Waals surface area contributed by atoms with Crippen LogP contribution in [0.25, 0.3) is 16.6 Å². The molecule has 23 heavy (non-hydrogen) atoms. The van der Waals surface area contributed by atoms with Gasteiger partial charge in [-0.3, -0.25) is 4.79 Å². The topological polar surface area (TPSA) is 50.2 Å². The van der Waals surface area contributed by atoms with E-state index in [4.69, 9.17) is 0 Å². The summed E-state index contributed by atoms with van der Waals surface area (Å²) in [4.78, 5) is 14.5. The number of fused-ring (bicyclic) bond motifs is 1. The number of carbonyl (C=O) groups is 1. The molecule has 0 unspecified atom stereocenters. The largest absolute Gasteiger partial charge is 0.349 e. The first-order valence-electron chi connectivity index (χ1n) is 7.63. The van der Waals surface area contributed by atoms with Crippen molar-refractivity contribution < 1.29 is 4.79 Å². The van der Waals surface area contributed by atoms with Gasteiger partial charge < -0.3 is 10.2 Å². The molecule has 0 spiro atoms. The summed E-state index contributed by atoms with van der Waals surface area (Å²) in [5, 5.41) is 8.34. The monoisotopic (exact) mass is 308 g/mol. The lowest BCUT2D eigenvalue weighted by Crippen LogP contribution is -2.31. The second-order valence-electron chi connectivity index (χ2n) is 5.67. The van der Waals surface area contributed by atoms with Crippen LogP contribution in [0.3, 0.4) is 0 Å². The molecule has 2 aromatic carbocycles. The standard InChI is InChI=1S/C18H20N4O/c1-21(2)13-12-19-18(23)17-15-10-6-7-11-16(15)22(20-17)14-8-4-3-5-9-14/h3-11H,12-13H2,1-2H3,(H,19,23). The molecule has 1 N–H and O–H groups in total. The number of hydrogen-bond acceptors (Lipinski definition) is 3. The summed E-state index contributed by atoms with van der Waals surface area (Å²) in [6.45, 7) is 1.39. The molecule has 0 aliphatic carbocycles. The second-order valence-corrected chi connectivity index (χ2v) is 5.67. The van der Waals surface area contributed by atoms with Crippen LogP contribution < -0.4 is 5.32 Å². The molecule has 0 saturated heterocycles. The van der Waals surface area contributed by atoms with Crippen molar-refractivity contribution in [3.63, 3.8) is 0 Å². The third-order valence-electron chi connectivity index (χ3n) is 3.65. The third kappa shape index (κ3) is 3.24. The molecule has 3 rings (SSSR count). The Hall–Kier alpha value is -2.66. The summed E-state index contributed by atoms with van der Waals surface area (Å²) in [5.74, 6) is -0.141. The number of nitrogens with one attached hydrogen (secondary N) is 1. The number of carbonyl (C=O) groups excluding carboxylic acids is 1. The first-order chi connectivity index (χ1) is 11.2. The highest BCUT2D eigenvalue weighted by molar-refractivity contribution is 6.05. The summed E-state index contributed by atoms with van der Waals surface area (Å²) in [7, 11) is 3.96. The highest BCUT2D eigenvalue weighted by Gasteiger charge is 2.17. The van der Waals surface area contributed by atoms with Crippen molar-refractivity contribution in [2.24, 2.45) is 0 Å². The Labute approximate surface area is 135 Å². The maximum Gasteiger partial charge on any atom is 0.272 e. The SMILES string of the molecule is CN(C)CCNC(=O)c1nn(-c2ccccc2)c2ccccc12. The molecule has 0 atom stereocenters. The maximum atomic E-state index is 12.5. The number of rotatable bonds is 5. The fourth-order valence-electron chi connectivity index (χ4n) is 2.48. The minimum atomic E-state index is -0.141. The molecule has 0 aliphatic heterocycles. The minimum absolute atomic E-state index is 0.141. The van der Waals surface area contributed by atoms with Gasteiger partial charge in [-0.2, -0.15) is 5.10 Å². The zero-order valence-corrected chi connectivity index (χ0v) is 13.4. The Bertz CT molecular complexity index is 808. The molecule has 0 saturated carbocycles. The van der Waals surface area contributed by atoms with Gasteiger partial charge in [0.15, 0.2) is 5.69 Å². The second kappa shape index (κ2) is 6.62. The molecule has 1 amide bonds. The smallest absolute Gasteiger partial charge is 0.272 e. The van der Waals surface area contributed by atoms with Crippen molar-refractivity contribution in [3.8, 4) is 5.69 Å². The van der Waals surface area contributed by atoms with E-state index < -0.39 is 0 Å². The number of benzene rings is 2. The van der Waals surface area contributed by atoms with Gasteiger partial charge in [-0.15, -0.1) is 0 Å². The molecule has 0 radical (unpaired) electrons. The van der Waals surface area contributed by atoms with E-state index in [2.05, 4.69) is 10.4 Å². The molecular weight excluding hydrogens is 288 g/mol. The number of para-hydroxylation sites is 2. The van der Waals surface area contributed by atoms with Gasteiger partial charge in [-0.25, -0.2) is 4.68 Å². The number of hydrogen-bond donors (Lipinski definition) is 1. The summed E-state index contributed by atoms with van der Waals surface area (Å²) >= 11 is 0. The van der Waals surface area contributed by atoms with Crippen molar-refractivity contribution >= 4 is 16.8 Å². The molecule has 1 aromatic heterocycles. The third-order valence-corrected chi connectivity index (χ3v) is 3.65. The highest BCUT2D eigenvalue weighted by Crippen LogP contribution is 2.21. The van der Waals surface area contributed by atoms with Crippen LogP contribution in [0.15, 0.2) is 54.6 Å². The lowest BCUT2D eigenvalue weighted by molar-refractivity contribution is 0.0947. The molecule has 0 aliphatic rings. The van der Waals surface area contributed by atoms with E-state index in [9.17, 15) is 4.79 Å². The van der Waals surface area contributed by atoms with Crippen molar-refractivity contribution in [3.05, 3.63) is 60.3 Å². The van der Waals surface area contributed by atoms with Crippen LogP contribution >= 0.6 is 0 Å². The van der Waals surface area contributed by atoms with E-state index >= 15 is 0 Å². The molecule has 5 heteroatoms. The van der Waals surface area contributed by atoms with Gasteiger partial charge in [0.25, 0.3) is 5.91 Å². The minimum Gasteiger partial charge on any atom is -0.349 e. The van der Waals surface area contributed by atoms with E-state index in [1.165, 1.54) is 0 Å². The first kappa shape index (κ1) is 15.2. The Morgan fingerprint density at radius 3 is 2.52 bits per heavy atom. The fourth-order valence-corrected chi connectivity index (χ4v) is 2.48. The van der Waals surface area contributed by atoms with Gasteiger partial charge in [0.05, 0.1) is 11.2 Å². The van der Waals surface area contributed by atoms with E-state index in [1.807, 2.05) is 78.3 Å². The molecule has 118 valence electrons. The summed E-state index contributed by atoms with van der Waals surface area (Å²) < 4.78 is 1.82. The Morgan fingerprint density at radius 2 is 1.78 bits per heavy atom. The highest BCUT2D eigenvalue weighted by atomic mass is 16.1. The summed E-state index contributed by atoms with van der Waals surface area (Å²) in [5.41, 5.74) is 2.33. The van der Waals surface area contributed by atoms with E-state index in [0.29, 0.717) is 12.2 Å². The Morgan fingerprint density at radius 1 is 1.09 bits per heavy atom. The number of amides is 1. The van der Waals surface area contributed by atoms with Gasteiger partial charge >= 0.3 is 0 Å². The maximum absolute atomic E-state index is 12.5. The average molecular weight is 308 g/mol. The average Bonchev–Trinajstić information content (AvgIpc) is 2.95. The van der Waals surface area contributed by atoms with E-state index in [1.54, 1.807) is 0 Å².